The molecule has 0 spiro atoms. The van der Waals surface area contributed by atoms with Gasteiger partial charge in [0.25, 0.3) is 0 Å². The van der Waals surface area contributed by atoms with Crippen molar-refractivity contribution in [1.82, 2.24) is 4.98 Å². The molecule has 13 heavy (non-hydrogen) atoms. The fourth-order valence-corrected chi connectivity index (χ4v) is 1.34. The maximum Gasteiger partial charge on any atom is 0.214 e. The minimum absolute atomic E-state index is 0.201. The summed E-state index contributed by atoms with van der Waals surface area (Å²) in [6, 6.07) is 5.61. The molecule has 0 saturated carbocycles. The van der Waals surface area contributed by atoms with Gasteiger partial charge in [0, 0.05) is 19.2 Å². The van der Waals surface area contributed by atoms with Crippen molar-refractivity contribution in [3.05, 3.63) is 18.2 Å². The monoisotopic (exact) mass is 180 g/mol. The van der Waals surface area contributed by atoms with E-state index in [1.54, 1.807) is 13.2 Å². The molecule has 2 rings (SSSR count). The van der Waals surface area contributed by atoms with Crippen LogP contribution >= 0.6 is 0 Å². The molecule has 0 aromatic carbocycles. The van der Waals surface area contributed by atoms with Crippen LogP contribution < -0.4 is 9.64 Å². The summed E-state index contributed by atoms with van der Waals surface area (Å²) in [5.41, 5.74) is 0. The summed E-state index contributed by atoms with van der Waals surface area (Å²) in [5, 5.41) is 9.11. The van der Waals surface area contributed by atoms with E-state index in [4.69, 9.17) is 9.84 Å². The van der Waals surface area contributed by atoms with Gasteiger partial charge in [0.2, 0.25) is 5.88 Å². The van der Waals surface area contributed by atoms with Gasteiger partial charge >= 0.3 is 0 Å². The topological polar surface area (TPSA) is 45.6 Å². The van der Waals surface area contributed by atoms with E-state index in [-0.39, 0.29) is 6.10 Å². The number of nitrogens with zero attached hydrogens (tertiary/aromatic N) is 2. The second-order valence-corrected chi connectivity index (χ2v) is 3.10. The molecular formula is C9H12N2O2. The van der Waals surface area contributed by atoms with Gasteiger partial charge in [0.15, 0.2) is 0 Å². The van der Waals surface area contributed by atoms with Crippen molar-refractivity contribution < 1.29 is 9.84 Å². The fourth-order valence-electron chi connectivity index (χ4n) is 1.34. The Morgan fingerprint density at radius 2 is 2.31 bits per heavy atom. The van der Waals surface area contributed by atoms with Crippen molar-refractivity contribution in [2.45, 2.75) is 6.10 Å². The van der Waals surface area contributed by atoms with Gasteiger partial charge in [-0.25, -0.2) is 0 Å². The predicted octanol–water partition coefficient (Wildman–Crippen LogP) is 0.271. The maximum absolute atomic E-state index is 9.11. The van der Waals surface area contributed by atoms with Gasteiger partial charge < -0.3 is 14.7 Å². The van der Waals surface area contributed by atoms with Crippen LogP contribution in [0.3, 0.4) is 0 Å². The molecule has 0 unspecified atom stereocenters. The van der Waals surface area contributed by atoms with Crippen LogP contribution in [0, 0.1) is 0 Å². The summed E-state index contributed by atoms with van der Waals surface area (Å²) in [6.07, 6.45) is -0.201. The first-order valence-corrected chi connectivity index (χ1v) is 4.23. The van der Waals surface area contributed by atoms with Crippen molar-refractivity contribution >= 4 is 5.82 Å². The largest absolute Gasteiger partial charge is 0.481 e. The highest BCUT2D eigenvalue weighted by molar-refractivity contribution is 5.43. The number of anilines is 1. The molecule has 1 fully saturated rings. The van der Waals surface area contributed by atoms with E-state index < -0.39 is 0 Å². The Kier molecular flexibility index (Phi) is 2.06. The van der Waals surface area contributed by atoms with Gasteiger partial charge in [-0.3, -0.25) is 0 Å². The summed E-state index contributed by atoms with van der Waals surface area (Å²) in [7, 11) is 1.59. The summed E-state index contributed by atoms with van der Waals surface area (Å²) in [6.45, 7) is 1.33. The number of hydrogen-bond acceptors (Lipinski definition) is 4. The third-order valence-corrected chi connectivity index (χ3v) is 2.10. The molecule has 0 amide bonds. The smallest absolute Gasteiger partial charge is 0.214 e. The molecule has 1 aromatic heterocycles. The number of aliphatic hydroxyl groups is 1. The average molecular weight is 180 g/mol. The molecule has 0 atom stereocenters. The average Bonchev–Trinajstić information content (AvgIpc) is 2.13. The number of rotatable bonds is 2. The van der Waals surface area contributed by atoms with Crippen LogP contribution in [0.5, 0.6) is 5.88 Å². The molecular weight excluding hydrogens is 168 g/mol. The number of hydrogen-bond donors (Lipinski definition) is 1. The molecule has 1 aromatic rings. The van der Waals surface area contributed by atoms with E-state index >= 15 is 0 Å². The molecule has 0 bridgehead atoms. The lowest BCUT2D eigenvalue weighted by Gasteiger charge is -2.36. The Morgan fingerprint density at radius 3 is 2.92 bits per heavy atom. The standard InChI is InChI=1S/C9H12N2O2/c1-13-9-4-2-3-8(10-9)11-5-7(12)6-11/h2-4,7,12H,5-6H2,1H3. The van der Waals surface area contributed by atoms with E-state index in [1.165, 1.54) is 0 Å². The van der Waals surface area contributed by atoms with E-state index in [0.717, 1.165) is 5.82 Å². The van der Waals surface area contributed by atoms with Gasteiger partial charge in [-0.1, -0.05) is 6.07 Å². The molecule has 1 saturated heterocycles. The van der Waals surface area contributed by atoms with Crippen molar-refractivity contribution in [2.24, 2.45) is 0 Å². The highest BCUT2D eigenvalue weighted by Gasteiger charge is 2.25. The third kappa shape index (κ3) is 1.58. The quantitative estimate of drug-likeness (QED) is 0.709. The van der Waals surface area contributed by atoms with Crippen molar-refractivity contribution in [3.8, 4) is 5.88 Å². The summed E-state index contributed by atoms with van der Waals surface area (Å²) in [4.78, 5) is 6.25. The SMILES string of the molecule is COc1cccc(N2CC(O)C2)n1. The third-order valence-electron chi connectivity index (χ3n) is 2.10. The molecule has 1 aliphatic heterocycles. The molecule has 1 aliphatic rings. The Hall–Kier alpha value is -1.29. The maximum atomic E-state index is 9.11. The van der Waals surface area contributed by atoms with Crippen molar-refractivity contribution in [2.75, 3.05) is 25.1 Å². The molecule has 1 N–H and O–H groups in total. The highest BCUT2D eigenvalue weighted by atomic mass is 16.5. The van der Waals surface area contributed by atoms with Gasteiger partial charge in [0.05, 0.1) is 13.2 Å². The van der Waals surface area contributed by atoms with Crippen LogP contribution in [0.1, 0.15) is 0 Å². The lowest BCUT2D eigenvalue weighted by molar-refractivity contribution is 0.141. The summed E-state index contributed by atoms with van der Waals surface area (Å²) in [5.74, 6) is 1.48. The second-order valence-electron chi connectivity index (χ2n) is 3.10. The Morgan fingerprint density at radius 1 is 1.54 bits per heavy atom. The van der Waals surface area contributed by atoms with Gasteiger partial charge in [-0.15, -0.1) is 0 Å². The molecule has 2 heterocycles. The molecule has 70 valence electrons. The Labute approximate surface area is 76.8 Å². The van der Waals surface area contributed by atoms with E-state index in [2.05, 4.69) is 4.98 Å². The number of pyridine rings is 1. The first kappa shape index (κ1) is 8.31. The zero-order valence-corrected chi connectivity index (χ0v) is 7.47. The van der Waals surface area contributed by atoms with Gasteiger partial charge in [0.1, 0.15) is 5.82 Å². The summed E-state index contributed by atoms with van der Waals surface area (Å²) >= 11 is 0. The zero-order chi connectivity index (χ0) is 9.26. The first-order chi connectivity index (χ1) is 6.29. The lowest BCUT2D eigenvalue weighted by Crippen LogP contribution is -2.51. The van der Waals surface area contributed by atoms with Crippen molar-refractivity contribution in [3.63, 3.8) is 0 Å². The fraction of sp³-hybridized carbons (Fsp3) is 0.444. The van der Waals surface area contributed by atoms with E-state index in [0.29, 0.717) is 19.0 Å². The van der Waals surface area contributed by atoms with Crippen LogP contribution in [0.15, 0.2) is 18.2 Å². The van der Waals surface area contributed by atoms with Gasteiger partial charge in [-0.2, -0.15) is 4.98 Å². The second kappa shape index (κ2) is 3.22. The predicted molar refractivity (Wildman–Crippen MR) is 49.0 cm³/mol. The van der Waals surface area contributed by atoms with Crippen LogP contribution in [0.25, 0.3) is 0 Å². The minimum atomic E-state index is -0.201. The minimum Gasteiger partial charge on any atom is -0.481 e. The molecule has 4 nitrogen and oxygen atoms in total. The number of aliphatic hydroxyl groups excluding tert-OH is 1. The Bertz CT molecular complexity index is 297. The normalized spacial score (nSPS) is 16.9. The van der Waals surface area contributed by atoms with Crippen LogP contribution in [0.2, 0.25) is 0 Å². The molecule has 0 aliphatic carbocycles. The number of ether oxygens (including phenoxy) is 1. The molecule has 0 radical (unpaired) electrons. The van der Waals surface area contributed by atoms with Crippen molar-refractivity contribution in [1.29, 1.82) is 0 Å². The highest BCUT2D eigenvalue weighted by Crippen LogP contribution is 2.20. The molecule has 4 heteroatoms. The van der Waals surface area contributed by atoms with Crippen LogP contribution in [0.4, 0.5) is 5.82 Å². The first-order valence-electron chi connectivity index (χ1n) is 4.23. The van der Waals surface area contributed by atoms with Crippen LogP contribution in [-0.2, 0) is 0 Å². The number of β-amino-alcohol motifs (C(OH)–C–C–N with tert-alkyl or cyclic N) is 1. The van der Waals surface area contributed by atoms with E-state index in [1.807, 2.05) is 17.0 Å². The Balaban J connectivity index is 2.12. The zero-order valence-electron chi connectivity index (χ0n) is 7.47. The summed E-state index contributed by atoms with van der Waals surface area (Å²) < 4.78 is 5.00. The lowest BCUT2D eigenvalue weighted by atomic mass is 10.2. The van der Waals surface area contributed by atoms with Crippen LogP contribution in [-0.4, -0.2) is 36.4 Å². The number of aromatic nitrogens is 1. The van der Waals surface area contributed by atoms with Gasteiger partial charge in [-0.05, 0) is 6.07 Å². The van der Waals surface area contributed by atoms with E-state index in [9.17, 15) is 0 Å². The number of methoxy groups -OCH3 is 1.